The molecule has 0 atom stereocenters. The smallest absolute Gasteiger partial charge is 0.169 e. The molecule has 668 valence electrons. The molecule has 12 aromatic rings. The molecule has 12 aromatic carbocycles. The monoisotopic (exact) mass is 2100 g/mol. The normalized spacial score (nSPS) is 14.7. The van der Waals surface area contributed by atoms with Crippen LogP contribution in [0.2, 0.25) is 15.1 Å². The fourth-order valence-corrected chi connectivity index (χ4v) is 14.0. The van der Waals surface area contributed by atoms with Crippen LogP contribution in [-0.4, -0.2) is 11.2 Å². The summed E-state index contributed by atoms with van der Waals surface area (Å²) in [6.45, 7) is 62.4. The van der Waals surface area contributed by atoms with E-state index in [9.17, 15) is 16.4 Å². The topological polar surface area (TPSA) is 9.72 Å². The van der Waals surface area contributed by atoms with Crippen LogP contribution < -0.4 is 14.7 Å². The van der Waals surface area contributed by atoms with Gasteiger partial charge in [0.25, 0.3) is 0 Å². The molecule has 0 amide bonds. The van der Waals surface area contributed by atoms with Crippen molar-refractivity contribution in [3.63, 3.8) is 0 Å². The predicted molar refractivity (Wildman–Crippen MR) is 590 cm³/mol. The van der Waals surface area contributed by atoms with Gasteiger partial charge in [0.05, 0.1) is 68.0 Å². The first-order chi connectivity index (χ1) is 68.1. The van der Waals surface area contributed by atoms with Crippen LogP contribution in [0.15, 0.2) is 254 Å². The van der Waals surface area contributed by atoms with Gasteiger partial charge < -0.3 is 14.7 Å². The van der Waals surface area contributed by atoms with Crippen molar-refractivity contribution >= 4 is 160 Å². The third-order valence-corrected chi connectivity index (χ3v) is 22.2. The number of alkyl halides is 1. The van der Waals surface area contributed by atoms with E-state index in [1.54, 1.807) is 55.3 Å². The van der Waals surface area contributed by atoms with Crippen molar-refractivity contribution in [3.8, 4) is 22.3 Å². The average Bonchev–Trinajstić information content (AvgIpc) is 0.712. The lowest BCUT2D eigenvalue weighted by Crippen LogP contribution is -2.18. The lowest BCUT2D eigenvalue weighted by molar-refractivity contribution is 0.589. The van der Waals surface area contributed by atoms with Gasteiger partial charge in [0.1, 0.15) is 0.594 Å². The van der Waals surface area contributed by atoms with Gasteiger partial charge in [0.15, 0.2) is 5.70 Å². The van der Waals surface area contributed by atoms with Gasteiger partial charge in [0, 0.05) is 34.0 Å². The van der Waals surface area contributed by atoms with Gasteiger partial charge in [0.2, 0.25) is 0 Å². The number of nitrogens with zero attached hydrogens (tertiary/aromatic N) is 3. The highest BCUT2D eigenvalue weighted by Gasteiger charge is 2.31. The third-order valence-electron chi connectivity index (χ3n) is 21.1. The summed E-state index contributed by atoms with van der Waals surface area (Å²) in [6, 6.07) is 34.0. The molecule has 10 heteroatoms. The molecule has 0 spiro atoms. The Bertz CT molecular complexity index is 6860. The van der Waals surface area contributed by atoms with E-state index in [1.807, 2.05) is 247 Å². The van der Waals surface area contributed by atoms with E-state index in [0.717, 1.165) is 33.4 Å². The fourth-order valence-electron chi connectivity index (χ4n) is 13.2. The van der Waals surface area contributed by atoms with Crippen LogP contribution in [0.25, 0.3) is 22.3 Å². The minimum atomic E-state index is -0.880. The van der Waals surface area contributed by atoms with Crippen LogP contribution in [-0.2, 0) is 60.6 Å². The molecule has 0 aromatic heterocycles. The van der Waals surface area contributed by atoms with E-state index in [0.29, 0.717) is 55.6 Å². The van der Waals surface area contributed by atoms with E-state index in [-0.39, 0.29) is 226 Å². The SMILES string of the molecule is CI.[2H]I.[2H]c1c([2H])c(C(C)(C)C)c([2H])c(-c2c([2H])c([2H])c(C(C)(C)C)c([2H])c2[2H])c1Cc1ccc(C(C)(C)C)cc1.[2H]c1c([2H])c(C(C)(C)C)c([2H])c([2H])c1-c1c([2H])c(C(C)(C)C)c([2H])c([2H])c1N(c1ccc(C(C)(C)C)cc1)c1cc(C)cc(N(c2ccc(C(C)(C)C)cc2)c2c([2H])c([2H])c(C(C)(C)C)c([2H])c2[2H])c1Cl.[2H]c1c([2H])c(C(C)(C)C)c([2H])c([2H])c1N(c1ccc(C(C)(C)C)cc1)c1cc(C)cc(Cl)c1Cl.[B]I. The lowest BCUT2D eigenvalue weighted by Gasteiger charge is -2.34. The Morgan fingerprint density at radius 2 is 0.524 bits per heavy atom. The molecular formula is C116H144BCl3I3N3. The Hall–Kier alpha value is -6.84. The largest absolute Gasteiger partial charge is 0.309 e. The Morgan fingerprint density at radius 3 is 0.841 bits per heavy atom. The highest BCUT2D eigenvalue weighted by Crippen LogP contribution is 2.52. The van der Waals surface area contributed by atoms with E-state index in [1.165, 1.54) is 23.8 Å². The number of halogens is 6. The van der Waals surface area contributed by atoms with E-state index >= 15 is 0 Å². The van der Waals surface area contributed by atoms with E-state index < -0.39 is 44.6 Å². The van der Waals surface area contributed by atoms with E-state index in [4.69, 9.17) is 49.1 Å². The molecular weight excluding hydrogens is 1930 g/mol. The molecule has 126 heavy (non-hydrogen) atoms. The molecule has 0 unspecified atom stereocenters. The molecule has 0 aliphatic rings. The number of anilines is 9. The van der Waals surface area contributed by atoms with Gasteiger partial charge in [-0.2, -0.15) is 22.4 Å². The summed E-state index contributed by atoms with van der Waals surface area (Å²) in [7, 11) is 0. The van der Waals surface area contributed by atoms with Crippen LogP contribution in [0.3, 0.4) is 0 Å². The molecule has 3 nitrogen and oxygen atoms in total. The first-order valence-electron chi connectivity index (χ1n) is 53.9. The van der Waals surface area contributed by atoms with Gasteiger partial charge in [-0.3, -0.25) is 0 Å². The second-order valence-corrected chi connectivity index (χ2v) is 43.4. The highest BCUT2D eigenvalue weighted by atomic mass is 127. The average molecular weight is 2100 g/mol. The Balaban J connectivity index is 0.000000323. The maximum atomic E-state index is 10.1. The molecule has 0 heterocycles. The zero-order valence-corrected chi connectivity index (χ0v) is 89.2. The maximum Gasteiger partial charge on any atom is 0.169 e. The van der Waals surface area contributed by atoms with E-state index in [2.05, 4.69) is 111 Å². The summed E-state index contributed by atoms with van der Waals surface area (Å²) in [5, 5.41) is 0.677. The van der Waals surface area contributed by atoms with Crippen LogP contribution in [0, 0.1) is 13.8 Å². The Morgan fingerprint density at radius 1 is 0.278 bits per heavy atom. The minimum Gasteiger partial charge on any atom is -0.309 e. The standard InChI is InChI=1S/C57H69ClN2.C31H40.C27H31Cl2N.CH3I.BI.HI/c1-38-35-50(59(45-28-21-41(22-29-45)54(5,6)7)46-30-23-42(24-31-46)55(8,9)10)52(58)51(36-38)60(47-32-25-43(26-33-47)56(11,12)13)49-34-27-44(57(14,15)16)37-48(49)39-17-19-40(20-18-39)53(2,3)4;1-29(2,3)25-15-10-22(11-16-25)20-24-14-19-27(31(7,8)9)21-28(24)23-12-17-26(18-13-23)30(4,5)6;1-18-16-23(28)25(29)24(17-18)30(21-12-8-19(9-13-21)26(2,3)4)22-14-10-20(11-15-22)27(5,6)7;2*1-2;/h17-37H,1-16H3;10-19,21H,20H2,1-9H3;8-17H,1-7H3;1H3;;1H/i17D,18D,19D,20D,21D,22D,27D,28D,29D,34D,37D;12D,13D,14D,17D,18D,19D,21D;8D,9D,12D,13D;;;/hD. The Labute approximate surface area is 855 Å². The summed E-state index contributed by atoms with van der Waals surface area (Å²) >= 11 is 26.2. The predicted octanol–water partition coefficient (Wildman–Crippen LogP) is 38.1. The minimum absolute atomic E-state index is 0.0101. The number of hydrogen-bond acceptors (Lipinski definition) is 3. The molecule has 0 bridgehead atoms. The summed E-state index contributed by atoms with van der Waals surface area (Å²) in [6.07, 6.45) is 0.237. The lowest BCUT2D eigenvalue weighted by atomic mass is 9.82. The number of hydrogen-bond donors (Lipinski definition) is 0. The third kappa shape index (κ3) is 27.6. The quantitative estimate of drug-likeness (QED) is 0.0647. The van der Waals surface area contributed by atoms with Gasteiger partial charge in [-0.1, -0.05) is 422 Å². The zero-order chi connectivity index (χ0) is 115. The first-order valence-corrected chi connectivity index (χ1v) is 47.0. The first kappa shape index (κ1) is 75.8. The molecule has 0 aliphatic heterocycles. The summed E-state index contributed by atoms with van der Waals surface area (Å²) < 4.78 is 209. The van der Waals surface area contributed by atoms with Crippen LogP contribution in [0.1, 0.15) is 316 Å². The van der Waals surface area contributed by atoms with Crippen LogP contribution >= 0.6 is 104 Å². The summed E-state index contributed by atoms with van der Waals surface area (Å²) in [5.74, 6) is 0. The molecule has 12 rings (SSSR count). The maximum absolute atomic E-state index is 10.1. The van der Waals surface area contributed by atoms with Crippen molar-refractivity contribution in [3.05, 3.63) is 347 Å². The van der Waals surface area contributed by atoms with Crippen molar-refractivity contribution in [1.82, 2.24) is 0 Å². The van der Waals surface area contributed by atoms with Gasteiger partial charge in [-0.25, -0.2) is 0 Å². The molecule has 0 saturated heterocycles. The zero-order valence-electron chi connectivity index (χ0n) is 103. The molecule has 0 aliphatic carbocycles. The molecule has 2 radical (unpaired) electrons. The Kier molecular flexibility index (Phi) is 25.6. The van der Waals surface area contributed by atoms with Crippen molar-refractivity contribution < 1.29 is 30.2 Å². The van der Waals surface area contributed by atoms with Crippen molar-refractivity contribution in [1.29, 1.82) is 0.594 Å². The van der Waals surface area contributed by atoms with Crippen LogP contribution in [0.5, 0.6) is 0 Å². The fraction of sp³-hybridized carbons (Fsp3) is 0.379. The highest BCUT2D eigenvalue weighted by molar-refractivity contribution is 14.1. The summed E-state index contributed by atoms with van der Waals surface area (Å²) in [4.78, 5) is 6.93. The number of benzene rings is 12. The van der Waals surface area contributed by atoms with Crippen molar-refractivity contribution in [2.75, 3.05) is 19.6 Å². The summed E-state index contributed by atoms with van der Waals surface area (Å²) in [5.41, 5.74) is 11.0. The van der Waals surface area contributed by atoms with Crippen molar-refractivity contribution in [2.45, 2.75) is 282 Å². The number of rotatable bonds is 13. The second-order valence-electron chi connectivity index (χ2n) is 42.2. The molecule has 0 fully saturated rings. The second kappa shape index (κ2) is 42.6. The van der Waals surface area contributed by atoms with Gasteiger partial charge in [-0.05, 0) is 271 Å². The number of aryl methyl sites for hydroxylation is 2. The molecule has 0 N–H and O–H groups in total. The molecule has 0 saturated carbocycles. The van der Waals surface area contributed by atoms with Gasteiger partial charge >= 0.3 is 0 Å². The van der Waals surface area contributed by atoms with Crippen LogP contribution in [0.4, 0.5) is 51.2 Å². The van der Waals surface area contributed by atoms with Gasteiger partial charge in [-0.15, -0.1) is 23.8 Å². The van der Waals surface area contributed by atoms with Crippen molar-refractivity contribution in [2.24, 2.45) is 0 Å².